The molecular formula is C21H31N3O4. The van der Waals surface area contributed by atoms with E-state index in [9.17, 15) is 14.7 Å². The zero-order valence-electron chi connectivity index (χ0n) is 16.8. The number of nitrogens with zero attached hydrogens (tertiary/aromatic N) is 3. The van der Waals surface area contributed by atoms with Gasteiger partial charge in [-0.2, -0.15) is 0 Å². The first kappa shape index (κ1) is 20.6. The summed E-state index contributed by atoms with van der Waals surface area (Å²) in [7, 11) is 0. The summed E-state index contributed by atoms with van der Waals surface area (Å²) in [6.07, 6.45) is 2.28. The van der Waals surface area contributed by atoms with Crippen molar-refractivity contribution < 1.29 is 19.4 Å². The van der Waals surface area contributed by atoms with Gasteiger partial charge in [0.25, 0.3) is 0 Å². The lowest BCUT2D eigenvalue weighted by Gasteiger charge is -2.38. The van der Waals surface area contributed by atoms with Crippen LogP contribution in [0.25, 0.3) is 0 Å². The predicted octanol–water partition coefficient (Wildman–Crippen LogP) is 1.84. The monoisotopic (exact) mass is 389 g/mol. The van der Waals surface area contributed by atoms with Crippen molar-refractivity contribution in [1.82, 2.24) is 14.7 Å². The summed E-state index contributed by atoms with van der Waals surface area (Å²) >= 11 is 0. The largest absolute Gasteiger partial charge is 0.491 e. The minimum atomic E-state index is -0.848. The van der Waals surface area contributed by atoms with Crippen LogP contribution in [0.15, 0.2) is 24.3 Å². The van der Waals surface area contributed by atoms with Crippen molar-refractivity contribution in [3.63, 3.8) is 0 Å². The number of ether oxygens (including phenoxy) is 1. The number of carbonyl (C=O) groups is 2. The van der Waals surface area contributed by atoms with Gasteiger partial charge in [0.2, 0.25) is 5.91 Å². The average Bonchev–Trinajstić information content (AvgIpc) is 3.19. The Hall–Kier alpha value is -2.12. The van der Waals surface area contributed by atoms with E-state index < -0.39 is 12.0 Å². The van der Waals surface area contributed by atoms with Gasteiger partial charge in [0.05, 0.1) is 12.6 Å². The Morgan fingerprint density at radius 1 is 1.00 bits per heavy atom. The molecule has 7 nitrogen and oxygen atoms in total. The van der Waals surface area contributed by atoms with Crippen LogP contribution in [0.5, 0.6) is 5.75 Å². The first-order chi connectivity index (χ1) is 13.4. The van der Waals surface area contributed by atoms with Gasteiger partial charge in [-0.15, -0.1) is 0 Å². The number of piperazine rings is 1. The standard InChI is InChI=1S/C21H31N3O4/c1-16(2)28-18-7-5-17(6-8-18)20(21(26)27)24-13-11-22(12-14-24)15-19(25)23-9-3-4-10-23/h5-8,16,20H,3-4,9-15H2,1-2H3,(H,26,27). The molecule has 0 bridgehead atoms. The summed E-state index contributed by atoms with van der Waals surface area (Å²) in [6, 6.07) is 6.65. The van der Waals surface area contributed by atoms with Crippen LogP contribution < -0.4 is 4.74 Å². The summed E-state index contributed by atoms with van der Waals surface area (Å²) in [4.78, 5) is 30.3. The van der Waals surface area contributed by atoms with Gasteiger partial charge in [-0.3, -0.25) is 19.4 Å². The van der Waals surface area contributed by atoms with E-state index in [2.05, 4.69) is 4.90 Å². The Labute approximate surface area is 166 Å². The molecule has 28 heavy (non-hydrogen) atoms. The number of benzene rings is 1. The third kappa shape index (κ3) is 5.23. The number of carboxylic acid groups (broad SMARTS) is 1. The SMILES string of the molecule is CC(C)Oc1ccc(C(C(=O)O)N2CCN(CC(=O)N3CCCC3)CC2)cc1. The van der Waals surface area contributed by atoms with Crippen molar-refractivity contribution in [3.8, 4) is 5.75 Å². The first-order valence-corrected chi connectivity index (χ1v) is 10.2. The van der Waals surface area contributed by atoms with Crippen molar-refractivity contribution in [2.24, 2.45) is 0 Å². The molecule has 3 rings (SSSR count). The maximum atomic E-state index is 12.3. The van der Waals surface area contributed by atoms with Crippen molar-refractivity contribution in [3.05, 3.63) is 29.8 Å². The molecule has 154 valence electrons. The molecule has 1 aromatic carbocycles. The summed E-state index contributed by atoms with van der Waals surface area (Å²) in [5, 5.41) is 9.80. The van der Waals surface area contributed by atoms with Crippen molar-refractivity contribution in [2.45, 2.75) is 38.8 Å². The molecule has 2 aliphatic rings. The van der Waals surface area contributed by atoms with E-state index in [1.165, 1.54) is 0 Å². The molecule has 1 atom stereocenters. The fourth-order valence-corrected chi connectivity index (χ4v) is 3.95. The molecule has 1 aromatic rings. The topological polar surface area (TPSA) is 73.3 Å². The van der Waals surface area contributed by atoms with E-state index in [0.29, 0.717) is 32.7 Å². The number of rotatable bonds is 7. The molecule has 0 radical (unpaired) electrons. The highest BCUT2D eigenvalue weighted by Gasteiger charge is 2.31. The number of hydrogen-bond acceptors (Lipinski definition) is 5. The number of amides is 1. The van der Waals surface area contributed by atoms with Crippen molar-refractivity contribution in [2.75, 3.05) is 45.8 Å². The van der Waals surface area contributed by atoms with E-state index in [0.717, 1.165) is 37.2 Å². The van der Waals surface area contributed by atoms with Crippen LogP contribution in [0.4, 0.5) is 0 Å². The number of likely N-dealkylation sites (tertiary alicyclic amines) is 1. The van der Waals surface area contributed by atoms with E-state index in [1.54, 1.807) is 0 Å². The molecule has 2 heterocycles. The number of carboxylic acids is 1. The highest BCUT2D eigenvalue weighted by molar-refractivity contribution is 5.78. The van der Waals surface area contributed by atoms with Crippen LogP contribution in [0.1, 0.15) is 38.3 Å². The predicted molar refractivity (Wildman–Crippen MR) is 106 cm³/mol. The Kier molecular flexibility index (Phi) is 6.91. The average molecular weight is 389 g/mol. The van der Waals surface area contributed by atoms with E-state index in [-0.39, 0.29) is 12.0 Å². The molecule has 1 amide bonds. The van der Waals surface area contributed by atoms with Crippen LogP contribution in [0, 0.1) is 0 Å². The van der Waals surface area contributed by atoms with Crippen molar-refractivity contribution >= 4 is 11.9 Å². The Morgan fingerprint density at radius 3 is 2.14 bits per heavy atom. The molecule has 0 aliphatic carbocycles. The Bertz CT molecular complexity index is 663. The van der Waals surface area contributed by atoms with Gasteiger partial charge >= 0.3 is 5.97 Å². The molecule has 7 heteroatoms. The van der Waals surface area contributed by atoms with Gasteiger partial charge in [-0.1, -0.05) is 12.1 Å². The first-order valence-electron chi connectivity index (χ1n) is 10.2. The van der Waals surface area contributed by atoms with Crippen LogP contribution in [0.3, 0.4) is 0 Å². The zero-order chi connectivity index (χ0) is 20.1. The molecule has 2 fully saturated rings. The second-order valence-electron chi connectivity index (χ2n) is 7.88. The van der Waals surface area contributed by atoms with Crippen molar-refractivity contribution in [1.29, 1.82) is 0 Å². The van der Waals surface area contributed by atoms with E-state index in [1.807, 2.05) is 47.9 Å². The lowest BCUT2D eigenvalue weighted by molar-refractivity contribution is -0.145. The fraction of sp³-hybridized carbons (Fsp3) is 0.619. The molecule has 1 unspecified atom stereocenters. The van der Waals surface area contributed by atoms with Gasteiger partial charge in [-0.25, -0.2) is 0 Å². The second-order valence-corrected chi connectivity index (χ2v) is 7.88. The minimum Gasteiger partial charge on any atom is -0.491 e. The Balaban J connectivity index is 1.57. The van der Waals surface area contributed by atoms with Gasteiger partial charge in [0.1, 0.15) is 11.8 Å². The molecule has 0 spiro atoms. The van der Waals surface area contributed by atoms with Gasteiger partial charge < -0.3 is 14.7 Å². The number of aliphatic carboxylic acids is 1. The van der Waals surface area contributed by atoms with Gasteiger partial charge in [0, 0.05) is 39.3 Å². The minimum absolute atomic E-state index is 0.0810. The normalized spacial score (nSPS) is 19.8. The quantitative estimate of drug-likeness (QED) is 0.767. The van der Waals surface area contributed by atoms with Crippen LogP contribution >= 0.6 is 0 Å². The second kappa shape index (κ2) is 9.39. The van der Waals surface area contributed by atoms with Gasteiger partial charge in [-0.05, 0) is 44.4 Å². The summed E-state index contributed by atoms with van der Waals surface area (Å²) in [6.45, 7) is 8.78. The highest BCUT2D eigenvalue weighted by Crippen LogP contribution is 2.25. The fourth-order valence-electron chi connectivity index (χ4n) is 3.95. The van der Waals surface area contributed by atoms with Crippen LogP contribution in [-0.4, -0.2) is 83.6 Å². The third-order valence-corrected chi connectivity index (χ3v) is 5.39. The highest BCUT2D eigenvalue weighted by atomic mass is 16.5. The molecule has 2 aliphatic heterocycles. The molecule has 0 aromatic heterocycles. The molecule has 1 N–H and O–H groups in total. The lowest BCUT2D eigenvalue weighted by atomic mass is 10.0. The number of carbonyl (C=O) groups excluding carboxylic acids is 1. The maximum Gasteiger partial charge on any atom is 0.325 e. The summed E-state index contributed by atoms with van der Waals surface area (Å²) in [5.74, 6) is 0.0914. The molecule has 0 saturated carbocycles. The number of hydrogen-bond donors (Lipinski definition) is 1. The van der Waals surface area contributed by atoms with Crippen LogP contribution in [0.2, 0.25) is 0 Å². The third-order valence-electron chi connectivity index (χ3n) is 5.39. The van der Waals surface area contributed by atoms with E-state index >= 15 is 0 Å². The Morgan fingerprint density at radius 2 is 1.61 bits per heavy atom. The summed E-state index contributed by atoms with van der Waals surface area (Å²) < 4.78 is 5.64. The molecule has 2 saturated heterocycles. The molecular weight excluding hydrogens is 358 g/mol. The smallest absolute Gasteiger partial charge is 0.325 e. The van der Waals surface area contributed by atoms with Gasteiger partial charge in [0.15, 0.2) is 0 Å². The maximum absolute atomic E-state index is 12.3. The van der Waals surface area contributed by atoms with Crippen LogP contribution in [-0.2, 0) is 9.59 Å². The lowest BCUT2D eigenvalue weighted by Crippen LogP contribution is -2.51. The van der Waals surface area contributed by atoms with E-state index in [4.69, 9.17) is 4.74 Å². The summed E-state index contributed by atoms with van der Waals surface area (Å²) in [5.41, 5.74) is 0.755. The zero-order valence-corrected chi connectivity index (χ0v) is 16.8.